The van der Waals surface area contributed by atoms with E-state index in [0.29, 0.717) is 13.2 Å². The fraction of sp³-hybridized carbons (Fsp3) is 0.360. The molecular formula is C25H24F3NO5. The molecule has 2 aliphatic rings. The molecule has 1 heterocycles. The van der Waals surface area contributed by atoms with Crippen LogP contribution < -0.4 is 4.74 Å². The van der Waals surface area contributed by atoms with Crippen molar-refractivity contribution in [3.8, 4) is 17.6 Å². The number of aliphatic carboxylic acids is 2. The first kappa shape index (κ1) is 25.1. The van der Waals surface area contributed by atoms with Crippen LogP contribution in [0.15, 0.2) is 42.5 Å². The van der Waals surface area contributed by atoms with Gasteiger partial charge < -0.3 is 14.9 Å². The molecule has 1 saturated carbocycles. The largest absolute Gasteiger partial charge is 0.494 e. The van der Waals surface area contributed by atoms with Crippen molar-refractivity contribution < 1.29 is 37.7 Å². The minimum absolute atomic E-state index is 0.112. The third-order valence-electron chi connectivity index (χ3n) is 5.57. The molecule has 1 spiro atoms. The standard InChI is InChI=1S/C23H23NO3.C2HF3O2/c1-2-27-20-9-6-17(7-10-20)3-4-18-5-8-19-14-24(15-22(25)26)16-23(11-12-23)21(19)13-18;3-2(4,5)1(6)7/h5-10,13H,2,11-12,14-16H2,1H3,(H,25,26);(H,6,7). The van der Waals surface area contributed by atoms with Gasteiger partial charge in [0.1, 0.15) is 5.75 Å². The number of carboxylic acid groups (broad SMARTS) is 2. The van der Waals surface area contributed by atoms with Gasteiger partial charge in [0.05, 0.1) is 13.2 Å². The van der Waals surface area contributed by atoms with Crippen molar-refractivity contribution in [3.05, 3.63) is 64.7 Å². The van der Waals surface area contributed by atoms with Gasteiger partial charge in [-0.3, -0.25) is 9.69 Å². The van der Waals surface area contributed by atoms with Crippen LogP contribution in [0.25, 0.3) is 0 Å². The highest BCUT2D eigenvalue weighted by molar-refractivity contribution is 5.73. The van der Waals surface area contributed by atoms with E-state index >= 15 is 0 Å². The van der Waals surface area contributed by atoms with E-state index in [1.807, 2.05) is 42.2 Å². The van der Waals surface area contributed by atoms with E-state index in [4.69, 9.17) is 19.7 Å². The molecule has 2 aromatic carbocycles. The van der Waals surface area contributed by atoms with Gasteiger partial charge >= 0.3 is 18.1 Å². The molecule has 0 radical (unpaired) electrons. The number of hydrogen-bond acceptors (Lipinski definition) is 4. The second-order valence-electron chi connectivity index (χ2n) is 8.20. The Kier molecular flexibility index (Phi) is 7.52. The zero-order valence-electron chi connectivity index (χ0n) is 18.5. The average molecular weight is 475 g/mol. The zero-order valence-corrected chi connectivity index (χ0v) is 18.5. The highest BCUT2D eigenvalue weighted by atomic mass is 19.4. The van der Waals surface area contributed by atoms with Crippen molar-refractivity contribution in [2.24, 2.45) is 0 Å². The van der Waals surface area contributed by atoms with Gasteiger partial charge in [-0.1, -0.05) is 17.9 Å². The maximum Gasteiger partial charge on any atom is 0.490 e. The van der Waals surface area contributed by atoms with Gasteiger partial charge in [-0.25, -0.2) is 4.79 Å². The Labute approximate surface area is 195 Å². The lowest BCUT2D eigenvalue weighted by atomic mass is 9.86. The van der Waals surface area contributed by atoms with Gasteiger partial charge in [-0.05, 0) is 67.3 Å². The average Bonchev–Trinajstić information content (AvgIpc) is 3.53. The Bertz CT molecular complexity index is 1110. The summed E-state index contributed by atoms with van der Waals surface area (Å²) < 4.78 is 37.2. The van der Waals surface area contributed by atoms with Gasteiger partial charge in [0.15, 0.2) is 0 Å². The molecule has 4 rings (SSSR count). The number of fused-ring (bicyclic) bond motifs is 2. The molecule has 1 fully saturated rings. The number of hydrogen-bond donors (Lipinski definition) is 2. The summed E-state index contributed by atoms with van der Waals surface area (Å²) in [5, 5.41) is 16.2. The topological polar surface area (TPSA) is 87.1 Å². The predicted molar refractivity (Wildman–Crippen MR) is 118 cm³/mol. The SMILES string of the molecule is CCOc1ccc(C#Cc2ccc3c(c2)C2(CC2)CN(CC(=O)O)C3)cc1.O=C(O)C(F)(F)F. The third kappa shape index (κ3) is 6.51. The van der Waals surface area contributed by atoms with Crippen LogP contribution in [0.4, 0.5) is 13.2 Å². The molecule has 1 aliphatic heterocycles. The zero-order chi connectivity index (χ0) is 24.9. The summed E-state index contributed by atoms with van der Waals surface area (Å²) in [5.41, 5.74) is 4.72. The molecule has 0 aromatic heterocycles. The van der Waals surface area contributed by atoms with Gasteiger partial charge in [0.2, 0.25) is 0 Å². The minimum atomic E-state index is -5.08. The van der Waals surface area contributed by atoms with Crippen LogP contribution in [-0.4, -0.2) is 52.9 Å². The highest BCUT2D eigenvalue weighted by Gasteiger charge is 2.49. The lowest BCUT2D eigenvalue weighted by Crippen LogP contribution is -2.40. The van der Waals surface area contributed by atoms with Crippen molar-refractivity contribution in [2.75, 3.05) is 19.7 Å². The second kappa shape index (κ2) is 10.2. The lowest BCUT2D eigenvalue weighted by Gasteiger charge is -2.34. The molecule has 2 N–H and O–H groups in total. The quantitative estimate of drug-likeness (QED) is 0.649. The summed E-state index contributed by atoms with van der Waals surface area (Å²) in [6, 6.07) is 14.2. The van der Waals surface area contributed by atoms with Crippen LogP contribution >= 0.6 is 0 Å². The molecule has 2 aromatic rings. The fourth-order valence-electron chi connectivity index (χ4n) is 3.92. The van der Waals surface area contributed by atoms with Gasteiger partial charge in [0.25, 0.3) is 0 Å². The Morgan fingerprint density at radius 2 is 1.65 bits per heavy atom. The van der Waals surface area contributed by atoms with Gasteiger partial charge in [0, 0.05) is 29.6 Å². The molecule has 6 nitrogen and oxygen atoms in total. The summed E-state index contributed by atoms with van der Waals surface area (Å²) >= 11 is 0. The lowest BCUT2D eigenvalue weighted by molar-refractivity contribution is -0.192. The molecule has 0 amide bonds. The van der Waals surface area contributed by atoms with Crippen molar-refractivity contribution in [3.63, 3.8) is 0 Å². The normalized spacial score (nSPS) is 15.8. The first-order chi connectivity index (χ1) is 16.0. The molecule has 0 atom stereocenters. The summed E-state index contributed by atoms with van der Waals surface area (Å²) in [7, 11) is 0. The van der Waals surface area contributed by atoms with Crippen molar-refractivity contribution in [1.29, 1.82) is 0 Å². The van der Waals surface area contributed by atoms with E-state index < -0.39 is 18.1 Å². The number of carbonyl (C=O) groups is 2. The molecule has 1 aliphatic carbocycles. The van der Waals surface area contributed by atoms with Crippen molar-refractivity contribution >= 4 is 11.9 Å². The molecule has 34 heavy (non-hydrogen) atoms. The van der Waals surface area contributed by atoms with Crippen molar-refractivity contribution in [1.82, 2.24) is 4.90 Å². The first-order valence-corrected chi connectivity index (χ1v) is 10.6. The second-order valence-corrected chi connectivity index (χ2v) is 8.20. The van der Waals surface area contributed by atoms with Crippen LogP contribution in [0.1, 0.15) is 42.0 Å². The van der Waals surface area contributed by atoms with E-state index in [9.17, 15) is 18.0 Å². The van der Waals surface area contributed by atoms with Crippen LogP contribution in [0.2, 0.25) is 0 Å². The molecule has 180 valence electrons. The third-order valence-corrected chi connectivity index (χ3v) is 5.57. The van der Waals surface area contributed by atoms with Crippen LogP contribution in [0.3, 0.4) is 0 Å². The summed E-state index contributed by atoms with van der Waals surface area (Å²) in [6.45, 7) is 4.28. The number of alkyl halides is 3. The number of halogens is 3. The number of nitrogens with zero attached hydrogens (tertiary/aromatic N) is 1. The van der Waals surface area contributed by atoms with E-state index in [2.05, 4.69) is 24.0 Å². The van der Waals surface area contributed by atoms with E-state index in [1.165, 1.54) is 11.1 Å². The van der Waals surface area contributed by atoms with Crippen LogP contribution in [-0.2, 0) is 21.5 Å². The van der Waals surface area contributed by atoms with Gasteiger partial charge in [-0.2, -0.15) is 13.2 Å². The molecular weight excluding hydrogens is 451 g/mol. The Morgan fingerprint density at radius 1 is 1.06 bits per heavy atom. The Hall–Kier alpha value is -3.51. The number of ether oxygens (including phenoxy) is 1. The van der Waals surface area contributed by atoms with Gasteiger partial charge in [-0.15, -0.1) is 0 Å². The summed E-state index contributed by atoms with van der Waals surface area (Å²) in [6.07, 6.45) is -2.82. The number of benzene rings is 2. The van der Waals surface area contributed by atoms with Crippen molar-refractivity contribution in [2.45, 2.75) is 37.9 Å². The fourth-order valence-corrected chi connectivity index (χ4v) is 3.92. The summed E-state index contributed by atoms with van der Waals surface area (Å²) in [4.78, 5) is 22.0. The Balaban J connectivity index is 0.000000406. The maximum atomic E-state index is 11.1. The van der Waals surface area contributed by atoms with E-state index in [1.54, 1.807) is 0 Å². The number of carboxylic acids is 2. The molecule has 0 saturated heterocycles. The van der Waals surface area contributed by atoms with Crippen LogP contribution in [0, 0.1) is 11.8 Å². The summed E-state index contributed by atoms with van der Waals surface area (Å²) in [5.74, 6) is 3.84. The minimum Gasteiger partial charge on any atom is -0.494 e. The first-order valence-electron chi connectivity index (χ1n) is 10.6. The maximum absolute atomic E-state index is 11.1. The van der Waals surface area contributed by atoms with E-state index in [0.717, 1.165) is 36.3 Å². The number of rotatable bonds is 4. The highest BCUT2D eigenvalue weighted by Crippen LogP contribution is 2.52. The monoisotopic (exact) mass is 475 g/mol. The Morgan fingerprint density at radius 3 is 2.18 bits per heavy atom. The smallest absolute Gasteiger partial charge is 0.490 e. The molecule has 9 heteroatoms. The molecule has 0 unspecified atom stereocenters. The molecule has 0 bridgehead atoms. The predicted octanol–water partition coefficient (Wildman–Crippen LogP) is 4.05. The van der Waals surface area contributed by atoms with E-state index in [-0.39, 0.29) is 12.0 Å². The van der Waals surface area contributed by atoms with Crippen LogP contribution in [0.5, 0.6) is 5.75 Å².